The Morgan fingerprint density at radius 1 is 1.16 bits per heavy atom. The number of hydrogen-bond donors (Lipinski definition) is 2. The molecule has 3 aromatic rings. The number of alkyl halides is 3. The summed E-state index contributed by atoms with van der Waals surface area (Å²) in [4.78, 5) is 45.1. The lowest BCUT2D eigenvalue weighted by Crippen LogP contribution is -2.44. The Morgan fingerprint density at radius 3 is 2.66 bits per heavy atom. The van der Waals surface area contributed by atoms with Crippen molar-refractivity contribution in [1.82, 2.24) is 10.3 Å². The van der Waals surface area contributed by atoms with Gasteiger partial charge in [0.2, 0.25) is 0 Å². The molecule has 4 rings (SSSR count). The Labute approximate surface area is 223 Å². The number of fused-ring (bicyclic) bond motifs is 1. The summed E-state index contributed by atoms with van der Waals surface area (Å²) in [5.41, 5.74) is -0.198. The lowest BCUT2D eigenvalue weighted by molar-refractivity contribution is -0.211. The van der Waals surface area contributed by atoms with E-state index in [0.29, 0.717) is 4.91 Å². The second-order valence-corrected chi connectivity index (χ2v) is 9.89. The molecule has 0 unspecified atom stereocenters. The first-order chi connectivity index (χ1) is 17.8. The van der Waals surface area contributed by atoms with Crippen LogP contribution in [0.25, 0.3) is 17.0 Å². The van der Waals surface area contributed by atoms with Crippen LogP contribution in [0.2, 0.25) is 5.02 Å². The van der Waals surface area contributed by atoms with E-state index in [2.05, 4.69) is 25.3 Å². The third-order valence-corrected chi connectivity index (χ3v) is 6.36. The molecule has 0 saturated carbocycles. The number of ether oxygens (including phenoxy) is 1. The van der Waals surface area contributed by atoms with Crippen molar-refractivity contribution in [2.75, 3.05) is 5.32 Å². The summed E-state index contributed by atoms with van der Waals surface area (Å²) >= 11 is 7.30. The van der Waals surface area contributed by atoms with Crippen molar-refractivity contribution < 1.29 is 32.3 Å². The topological polar surface area (TPSA) is 110 Å². The van der Waals surface area contributed by atoms with Gasteiger partial charge in [0.1, 0.15) is 0 Å². The van der Waals surface area contributed by atoms with Gasteiger partial charge < -0.3 is 15.4 Å². The van der Waals surface area contributed by atoms with Crippen LogP contribution in [0, 0.1) is 0 Å². The lowest BCUT2D eigenvalue weighted by atomic mass is 10.1. The number of aromatic nitrogens is 1. The number of halogens is 4. The summed E-state index contributed by atoms with van der Waals surface area (Å²) in [7, 11) is 0. The van der Waals surface area contributed by atoms with Crippen molar-refractivity contribution in [3.8, 4) is 0 Å². The van der Waals surface area contributed by atoms with E-state index in [1.807, 2.05) is 30.3 Å². The fraction of sp³-hybridized carbons (Fsp3) is 0.160. The van der Waals surface area contributed by atoms with Gasteiger partial charge >= 0.3 is 12.1 Å². The maximum atomic E-state index is 12.5. The molecule has 0 aliphatic carbocycles. The van der Waals surface area contributed by atoms with Gasteiger partial charge in [-0.1, -0.05) is 23.7 Å². The van der Waals surface area contributed by atoms with E-state index < -0.39 is 23.7 Å². The maximum Gasteiger partial charge on any atom is 0.490 e. The van der Waals surface area contributed by atoms with Crippen LogP contribution < -0.4 is 10.6 Å². The predicted octanol–water partition coefficient (Wildman–Crippen LogP) is 5.60. The molecular weight excluding hydrogens is 545 g/mol. The number of nitrogens with zero attached hydrogens (tertiary/aromatic N) is 2. The third-order valence-electron chi connectivity index (χ3n) is 5.13. The van der Waals surface area contributed by atoms with Gasteiger partial charge in [0.05, 0.1) is 21.1 Å². The summed E-state index contributed by atoms with van der Waals surface area (Å²) in [6, 6.07) is 13.5. The van der Waals surface area contributed by atoms with Crippen LogP contribution in [0.3, 0.4) is 0 Å². The number of thioether (sulfide) groups is 1. The van der Waals surface area contributed by atoms with Gasteiger partial charge in [-0.15, -0.1) is 0 Å². The SMILES string of the molecule is CC(C)(OC(=O)C(F)(F)F)C(=O)Nc1ccc(Cl)c(N=C2NC(=O)/C(=C/c3ccc4ncccc4c3)S2)c1. The Kier molecular flexibility index (Phi) is 7.47. The van der Waals surface area contributed by atoms with E-state index in [9.17, 15) is 27.6 Å². The molecule has 0 radical (unpaired) electrons. The predicted molar refractivity (Wildman–Crippen MR) is 139 cm³/mol. The summed E-state index contributed by atoms with van der Waals surface area (Å²) in [5, 5.41) is 6.35. The highest BCUT2D eigenvalue weighted by Crippen LogP contribution is 2.33. The first-order valence-corrected chi connectivity index (χ1v) is 12.1. The van der Waals surface area contributed by atoms with Crippen LogP contribution in [-0.4, -0.2) is 39.7 Å². The van der Waals surface area contributed by atoms with E-state index in [-0.39, 0.29) is 27.5 Å². The molecule has 38 heavy (non-hydrogen) atoms. The molecule has 8 nitrogen and oxygen atoms in total. The number of hydrogen-bond acceptors (Lipinski definition) is 7. The van der Waals surface area contributed by atoms with Crippen molar-refractivity contribution in [1.29, 1.82) is 0 Å². The Bertz CT molecular complexity index is 1520. The molecule has 1 fully saturated rings. The Hall–Kier alpha value is -3.90. The van der Waals surface area contributed by atoms with Crippen LogP contribution >= 0.6 is 23.4 Å². The third kappa shape index (κ3) is 6.32. The molecule has 2 aromatic carbocycles. The van der Waals surface area contributed by atoms with Crippen molar-refractivity contribution in [2.24, 2.45) is 4.99 Å². The molecule has 0 spiro atoms. The number of rotatable bonds is 5. The number of aliphatic imine (C=N–C) groups is 1. The number of amidine groups is 1. The van der Waals surface area contributed by atoms with Gasteiger partial charge in [-0.3, -0.25) is 14.6 Å². The first-order valence-electron chi connectivity index (χ1n) is 10.9. The van der Waals surface area contributed by atoms with Crippen molar-refractivity contribution in [3.63, 3.8) is 0 Å². The van der Waals surface area contributed by atoms with Crippen LogP contribution in [-0.2, 0) is 19.1 Å². The summed E-state index contributed by atoms with van der Waals surface area (Å²) in [6.07, 6.45) is -1.85. The molecule has 196 valence electrons. The molecule has 2 heterocycles. The molecule has 2 N–H and O–H groups in total. The molecule has 0 bridgehead atoms. The zero-order valence-electron chi connectivity index (χ0n) is 19.7. The van der Waals surface area contributed by atoms with E-state index in [0.717, 1.165) is 42.1 Å². The van der Waals surface area contributed by atoms with E-state index >= 15 is 0 Å². The number of carbonyl (C=O) groups excluding carboxylic acids is 3. The minimum absolute atomic E-state index is 0.129. The summed E-state index contributed by atoms with van der Waals surface area (Å²) in [6.45, 7) is 2.04. The maximum absolute atomic E-state index is 12.5. The second-order valence-electron chi connectivity index (χ2n) is 8.46. The molecule has 1 aliphatic rings. The zero-order valence-corrected chi connectivity index (χ0v) is 21.3. The van der Waals surface area contributed by atoms with Crippen molar-refractivity contribution >= 4 is 74.7 Å². The number of pyridine rings is 1. The largest absolute Gasteiger partial charge is 0.490 e. The van der Waals surface area contributed by atoms with Crippen molar-refractivity contribution in [3.05, 3.63) is 70.2 Å². The van der Waals surface area contributed by atoms with Crippen LogP contribution in [0.15, 0.2) is 64.6 Å². The molecule has 1 aliphatic heterocycles. The molecule has 1 aromatic heterocycles. The van der Waals surface area contributed by atoms with Gasteiger partial charge in [-0.25, -0.2) is 9.79 Å². The van der Waals surface area contributed by atoms with Gasteiger partial charge in [-0.2, -0.15) is 13.2 Å². The highest BCUT2D eigenvalue weighted by molar-refractivity contribution is 8.18. The lowest BCUT2D eigenvalue weighted by Gasteiger charge is -2.24. The van der Waals surface area contributed by atoms with E-state index in [1.54, 1.807) is 12.3 Å². The number of esters is 1. The minimum atomic E-state index is -5.25. The smallest absolute Gasteiger partial charge is 0.443 e. The Morgan fingerprint density at radius 2 is 1.92 bits per heavy atom. The highest BCUT2D eigenvalue weighted by atomic mass is 35.5. The van der Waals surface area contributed by atoms with Gasteiger partial charge in [0.15, 0.2) is 10.8 Å². The highest BCUT2D eigenvalue weighted by Gasteiger charge is 2.46. The fourth-order valence-electron chi connectivity index (χ4n) is 3.22. The monoisotopic (exact) mass is 562 g/mol. The number of amides is 2. The average Bonchev–Trinajstić information content (AvgIpc) is 3.18. The van der Waals surface area contributed by atoms with E-state index in [1.165, 1.54) is 18.2 Å². The summed E-state index contributed by atoms with van der Waals surface area (Å²) < 4.78 is 41.9. The standard InChI is InChI=1S/C25H18ClF3N4O4S/c1-24(2,37-22(36)25(27,28)29)21(35)31-15-6-7-16(26)18(12-15)32-23-33-20(34)19(38-23)11-13-5-8-17-14(10-13)4-3-9-30-17/h3-12H,1-2H3,(H,31,35)(H,32,33,34)/b19-11-. The quantitative estimate of drug-likeness (QED) is 0.309. The Balaban J connectivity index is 1.50. The van der Waals surface area contributed by atoms with Crippen LogP contribution in [0.4, 0.5) is 24.5 Å². The molecule has 0 atom stereocenters. The molecular formula is C25H18ClF3N4O4S. The van der Waals surface area contributed by atoms with Gasteiger partial charge in [-0.05, 0) is 73.6 Å². The molecule has 2 amide bonds. The number of carbonyl (C=O) groups is 3. The molecule has 13 heteroatoms. The zero-order chi connectivity index (χ0) is 27.7. The first kappa shape index (κ1) is 27.1. The summed E-state index contributed by atoms with van der Waals surface area (Å²) in [5.74, 6) is -3.86. The molecule has 1 saturated heterocycles. The number of benzene rings is 2. The normalized spacial score (nSPS) is 16.1. The number of nitrogens with one attached hydrogen (secondary N) is 2. The minimum Gasteiger partial charge on any atom is -0.443 e. The van der Waals surface area contributed by atoms with Gasteiger partial charge in [0, 0.05) is 17.3 Å². The fourth-order valence-corrected chi connectivity index (χ4v) is 4.21. The van der Waals surface area contributed by atoms with Crippen LogP contribution in [0.5, 0.6) is 0 Å². The second kappa shape index (κ2) is 10.5. The van der Waals surface area contributed by atoms with Crippen LogP contribution in [0.1, 0.15) is 19.4 Å². The van der Waals surface area contributed by atoms with E-state index in [4.69, 9.17) is 11.6 Å². The number of anilines is 1. The average molecular weight is 563 g/mol. The van der Waals surface area contributed by atoms with Crippen molar-refractivity contribution in [2.45, 2.75) is 25.6 Å². The van der Waals surface area contributed by atoms with Gasteiger partial charge in [0.25, 0.3) is 11.8 Å².